The normalized spacial score (nSPS) is 23.2. The van der Waals surface area contributed by atoms with Crippen LogP contribution in [-0.4, -0.2) is 48.9 Å². The summed E-state index contributed by atoms with van der Waals surface area (Å²) >= 11 is 0. The van der Waals surface area contributed by atoms with Crippen LogP contribution >= 0.6 is 0 Å². The van der Waals surface area contributed by atoms with E-state index in [1.165, 1.54) is 10.6 Å². The van der Waals surface area contributed by atoms with Gasteiger partial charge in [-0.3, -0.25) is 4.79 Å². The maximum Gasteiger partial charge on any atom is 0.241 e. The fourth-order valence-corrected chi connectivity index (χ4v) is 4.56. The van der Waals surface area contributed by atoms with Crippen molar-refractivity contribution >= 4 is 15.9 Å². The van der Waals surface area contributed by atoms with E-state index in [0.29, 0.717) is 13.0 Å². The van der Waals surface area contributed by atoms with Crippen LogP contribution in [0.2, 0.25) is 0 Å². The molecule has 2 aliphatic heterocycles. The molecule has 2 aliphatic rings. The lowest BCUT2D eigenvalue weighted by atomic mass is 9.95. The minimum atomic E-state index is -3.42. The average molecular weight is 336 g/mol. The molecule has 23 heavy (non-hydrogen) atoms. The number of likely N-dealkylation sites (tertiary alicyclic amines) is 1. The summed E-state index contributed by atoms with van der Waals surface area (Å²) in [5.41, 5.74) is 2.08. The molecule has 0 spiro atoms. The Morgan fingerprint density at radius 1 is 1.04 bits per heavy atom. The molecule has 3 rings (SSSR count). The first-order chi connectivity index (χ1) is 11.0. The molecule has 1 saturated heterocycles. The summed E-state index contributed by atoms with van der Waals surface area (Å²) in [5.74, 6) is -0.0353. The molecular weight excluding hydrogens is 312 g/mol. The van der Waals surface area contributed by atoms with E-state index in [9.17, 15) is 13.2 Å². The van der Waals surface area contributed by atoms with Crippen molar-refractivity contribution in [3.05, 3.63) is 35.4 Å². The van der Waals surface area contributed by atoms with Crippen LogP contribution < -0.4 is 0 Å². The number of hydrogen-bond donors (Lipinski definition) is 0. The standard InChI is InChI=1S/C17H24N2O3S/c1-23(21,22)19-13-15-9-5-4-8-14(15)12-16(19)17(20)18-10-6-2-3-7-11-18/h4-5,8-9,16H,2-3,6-7,10-13H2,1H3. The summed E-state index contributed by atoms with van der Waals surface area (Å²) in [7, 11) is -3.42. The predicted molar refractivity (Wildman–Crippen MR) is 89.4 cm³/mol. The van der Waals surface area contributed by atoms with Gasteiger partial charge in [-0.05, 0) is 30.4 Å². The number of sulfonamides is 1. The molecule has 1 aromatic carbocycles. The number of nitrogens with zero attached hydrogens (tertiary/aromatic N) is 2. The van der Waals surface area contributed by atoms with Crippen LogP contribution in [0.5, 0.6) is 0 Å². The third-order valence-corrected chi connectivity index (χ3v) is 6.07. The van der Waals surface area contributed by atoms with Gasteiger partial charge in [0.05, 0.1) is 6.26 Å². The van der Waals surface area contributed by atoms with E-state index < -0.39 is 16.1 Å². The van der Waals surface area contributed by atoms with Crippen LogP contribution in [0.15, 0.2) is 24.3 Å². The maximum atomic E-state index is 13.0. The van der Waals surface area contributed by atoms with Crippen LogP contribution in [0, 0.1) is 0 Å². The van der Waals surface area contributed by atoms with Crippen molar-refractivity contribution in [2.75, 3.05) is 19.3 Å². The first kappa shape index (κ1) is 16.5. The van der Waals surface area contributed by atoms with Gasteiger partial charge in [0.25, 0.3) is 0 Å². The van der Waals surface area contributed by atoms with Crippen molar-refractivity contribution in [2.45, 2.75) is 44.7 Å². The van der Waals surface area contributed by atoms with Gasteiger partial charge in [-0.15, -0.1) is 0 Å². The highest BCUT2D eigenvalue weighted by Gasteiger charge is 2.38. The van der Waals surface area contributed by atoms with Crippen molar-refractivity contribution in [2.24, 2.45) is 0 Å². The fraction of sp³-hybridized carbons (Fsp3) is 0.588. The van der Waals surface area contributed by atoms with Gasteiger partial charge in [0, 0.05) is 19.6 Å². The van der Waals surface area contributed by atoms with Crippen molar-refractivity contribution < 1.29 is 13.2 Å². The minimum absolute atomic E-state index is 0.0353. The van der Waals surface area contributed by atoms with Gasteiger partial charge in [-0.1, -0.05) is 37.1 Å². The van der Waals surface area contributed by atoms with Crippen LogP contribution in [0.1, 0.15) is 36.8 Å². The number of hydrogen-bond acceptors (Lipinski definition) is 3. The van der Waals surface area contributed by atoms with Crippen LogP contribution in [-0.2, 0) is 27.8 Å². The van der Waals surface area contributed by atoms with E-state index in [2.05, 4.69) is 0 Å². The molecule has 6 heteroatoms. The molecule has 5 nitrogen and oxygen atoms in total. The second kappa shape index (κ2) is 6.61. The Balaban J connectivity index is 1.89. The molecule has 0 saturated carbocycles. The summed E-state index contributed by atoms with van der Waals surface area (Å²) in [6, 6.07) is 7.20. The first-order valence-corrected chi connectivity index (χ1v) is 10.1. The lowest BCUT2D eigenvalue weighted by molar-refractivity contribution is -0.135. The number of carbonyl (C=O) groups excluding carboxylic acids is 1. The molecule has 0 aliphatic carbocycles. The summed E-state index contributed by atoms with van der Waals surface area (Å²) in [4.78, 5) is 14.9. The fourth-order valence-electron chi connectivity index (χ4n) is 3.56. The molecule has 1 aromatic rings. The molecule has 0 radical (unpaired) electrons. The van der Waals surface area contributed by atoms with Gasteiger partial charge >= 0.3 is 0 Å². The van der Waals surface area contributed by atoms with E-state index >= 15 is 0 Å². The summed E-state index contributed by atoms with van der Waals surface area (Å²) in [5, 5.41) is 0. The highest BCUT2D eigenvalue weighted by molar-refractivity contribution is 7.88. The van der Waals surface area contributed by atoms with E-state index in [1.807, 2.05) is 29.2 Å². The lowest BCUT2D eigenvalue weighted by Gasteiger charge is -2.36. The molecule has 1 fully saturated rings. The monoisotopic (exact) mass is 336 g/mol. The highest BCUT2D eigenvalue weighted by atomic mass is 32.2. The Morgan fingerprint density at radius 3 is 2.26 bits per heavy atom. The molecule has 0 N–H and O–H groups in total. The average Bonchev–Trinajstić information content (AvgIpc) is 2.81. The third kappa shape index (κ3) is 3.58. The van der Waals surface area contributed by atoms with Crippen LogP contribution in [0.25, 0.3) is 0 Å². The van der Waals surface area contributed by atoms with Crippen LogP contribution in [0.4, 0.5) is 0 Å². The SMILES string of the molecule is CS(=O)(=O)N1Cc2ccccc2CC1C(=O)N1CCCCCC1. The van der Waals surface area contributed by atoms with Crippen LogP contribution in [0.3, 0.4) is 0 Å². The lowest BCUT2D eigenvalue weighted by Crippen LogP contribution is -2.53. The highest BCUT2D eigenvalue weighted by Crippen LogP contribution is 2.27. The summed E-state index contributed by atoms with van der Waals surface area (Å²) in [6.07, 6.45) is 5.98. The maximum absolute atomic E-state index is 13.0. The first-order valence-electron chi connectivity index (χ1n) is 8.29. The Bertz CT molecular complexity index is 679. The van der Waals surface area contributed by atoms with E-state index in [1.54, 1.807) is 0 Å². The summed E-state index contributed by atoms with van der Waals surface area (Å²) in [6.45, 7) is 1.78. The minimum Gasteiger partial charge on any atom is -0.341 e. The quantitative estimate of drug-likeness (QED) is 0.827. The van der Waals surface area contributed by atoms with Gasteiger partial charge < -0.3 is 4.90 Å². The molecule has 1 amide bonds. The molecule has 126 valence electrons. The third-order valence-electron chi connectivity index (χ3n) is 4.83. The van der Waals surface area contributed by atoms with Crippen molar-refractivity contribution in [1.29, 1.82) is 0 Å². The van der Waals surface area contributed by atoms with Gasteiger partial charge in [0.15, 0.2) is 0 Å². The largest absolute Gasteiger partial charge is 0.341 e. The number of fused-ring (bicyclic) bond motifs is 1. The number of rotatable bonds is 2. The molecule has 2 heterocycles. The Hall–Kier alpha value is -1.40. The smallest absolute Gasteiger partial charge is 0.241 e. The molecule has 1 atom stereocenters. The second-order valence-electron chi connectivity index (χ2n) is 6.54. The Morgan fingerprint density at radius 2 is 1.65 bits per heavy atom. The van der Waals surface area contributed by atoms with Crippen molar-refractivity contribution in [3.8, 4) is 0 Å². The topological polar surface area (TPSA) is 57.7 Å². The van der Waals surface area contributed by atoms with E-state index in [0.717, 1.165) is 49.9 Å². The van der Waals surface area contributed by atoms with Gasteiger partial charge in [0.2, 0.25) is 15.9 Å². The van der Waals surface area contributed by atoms with E-state index in [4.69, 9.17) is 0 Å². The predicted octanol–water partition coefficient (Wildman–Crippen LogP) is 1.78. The second-order valence-corrected chi connectivity index (χ2v) is 8.47. The van der Waals surface area contributed by atoms with E-state index in [-0.39, 0.29) is 5.91 Å². The Kier molecular flexibility index (Phi) is 4.73. The number of amides is 1. The molecule has 1 unspecified atom stereocenters. The molecule has 0 bridgehead atoms. The molecular formula is C17H24N2O3S. The van der Waals surface area contributed by atoms with Crippen molar-refractivity contribution in [1.82, 2.24) is 9.21 Å². The van der Waals surface area contributed by atoms with Crippen molar-refractivity contribution in [3.63, 3.8) is 0 Å². The van der Waals surface area contributed by atoms with Gasteiger partial charge in [-0.2, -0.15) is 4.31 Å². The zero-order chi connectivity index (χ0) is 16.4. The summed E-state index contributed by atoms with van der Waals surface area (Å²) < 4.78 is 25.8. The number of carbonyl (C=O) groups is 1. The Labute approximate surface area is 138 Å². The number of benzene rings is 1. The molecule has 0 aromatic heterocycles. The van der Waals surface area contributed by atoms with Gasteiger partial charge in [-0.25, -0.2) is 8.42 Å². The zero-order valence-corrected chi connectivity index (χ0v) is 14.4. The zero-order valence-electron chi connectivity index (χ0n) is 13.6. The van der Waals surface area contributed by atoms with Gasteiger partial charge in [0.1, 0.15) is 6.04 Å².